The molecular formula is C8H8F4N2. The predicted molar refractivity (Wildman–Crippen MR) is 43.7 cm³/mol. The summed E-state index contributed by atoms with van der Waals surface area (Å²) in [6, 6.07) is 1.75. The molecule has 0 aromatic heterocycles. The summed E-state index contributed by atoms with van der Waals surface area (Å²) in [5.74, 6) is -1.45. The van der Waals surface area contributed by atoms with E-state index in [1.165, 1.54) is 0 Å². The molecular weight excluding hydrogens is 200 g/mol. The second kappa shape index (κ2) is 3.45. The summed E-state index contributed by atoms with van der Waals surface area (Å²) in [6.45, 7) is -0.118. The Balaban J connectivity index is 3.35. The van der Waals surface area contributed by atoms with Crippen LogP contribution >= 0.6 is 0 Å². The molecule has 14 heavy (non-hydrogen) atoms. The van der Waals surface area contributed by atoms with Crippen LogP contribution in [0.4, 0.5) is 23.2 Å². The Morgan fingerprint density at radius 1 is 1.21 bits per heavy atom. The maximum Gasteiger partial charge on any atom is 0.419 e. The SMILES string of the molecule is NCc1cc(N)c(F)c(C(F)(F)F)c1. The van der Waals surface area contributed by atoms with Gasteiger partial charge in [0.2, 0.25) is 0 Å². The molecule has 1 rings (SSSR count). The van der Waals surface area contributed by atoms with E-state index in [4.69, 9.17) is 11.5 Å². The fourth-order valence-corrected chi connectivity index (χ4v) is 1.03. The molecule has 0 fully saturated rings. The molecule has 0 atom stereocenters. The maximum atomic E-state index is 12.9. The Morgan fingerprint density at radius 2 is 1.79 bits per heavy atom. The molecule has 1 aromatic carbocycles. The van der Waals surface area contributed by atoms with Gasteiger partial charge in [-0.3, -0.25) is 0 Å². The average molecular weight is 208 g/mol. The van der Waals surface area contributed by atoms with E-state index >= 15 is 0 Å². The van der Waals surface area contributed by atoms with Crippen molar-refractivity contribution in [3.63, 3.8) is 0 Å². The van der Waals surface area contributed by atoms with Gasteiger partial charge in [0.05, 0.1) is 11.3 Å². The van der Waals surface area contributed by atoms with Gasteiger partial charge in [-0.15, -0.1) is 0 Å². The molecule has 0 heterocycles. The van der Waals surface area contributed by atoms with Crippen LogP contribution in [0.15, 0.2) is 12.1 Å². The van der Waals surface area contributed by atoms with Gasteiger partial charge in [-0.1, -0.05) is 0 Å². The van der Waals surface area contributed by atoms with Gasteiger partial charge >= 0.3 is 6.18 Å². The zero-order chi connectivity index (χ0) is 10.9. The molecule has 4 N–H and O–H groups in total. The Hall–Kier alpha value is -1.30. The highest BCUT2D eigenvalue weighted by atomic mass is 19.4. The molecule has 6 heteroatoms. The number of nitrogens with two attached hydrogens (primary N) is 2. The molecule has 0 saturated carbocycles. The third kappa shape index (κ3) is 1.95. The first-order valence-electron chi connectivity index (χ1n) is 3.71. The van der Waals surface area contributed by atoms with Crippen molar-refractivity contribution in [2.75, 3.05) is 5.73 Å². The van der Waals surface area contributed by atoms with Gasteiger partial charge in [0, 0.05) is 6.54 Å². The monoisotopic (exact) mass is 208 g/mol. The second-order valence-corrected chi connectivity index (χ2v) is 2.75. The average Bonchev–Trinajstić information content (AvgIpc) is 2.07. The van der Waals surface area contributed by atoms with Crippen LogP contribution in [-0.2, 0) is 12.7 Å². The van der Waals surface area contributed by atoms with E-state index < -0.39 is 23.2 Å². The summed E-state index contributed by atoms with van der Waals surface area (Å²) in [4.78, 5) is 0. The summed E-state index contributed by atoms with van der Waals surface area (Å²) in [6.07, 6.45) is -4.75. The first-order chi connectivity index (χ1) is 6.36. The summed E-state index contributed by atoms with van der Waals surface area (Å²) in [5, 5.41) is 0. The lowest BCUT2D eigenvalue weighted by atomic mass is 10.1. The third-order valence-corrected chi connectivity index (χ3v) is 1.70. The van der Waals surface area contributed by atoms with Crippen LogP contribution in [0.5, 0.6) is 0 Å². The van der Waals surface area contributed by atoms with E-state index in [0.29, 0.717) is 6.07 Å². The first kappa shape index (κ1) is 10.8. The van der Waals surface area contributed by atoms with Crippen LogP contribution in [-0.4, -0.2) is 0 Å². The van der Waals surface area contributed by atoms with Gasteiger partial charge in [-0.05, 0) is 17.7 Å². The molecule has 0 aliphatic rings. The number of hydrogen-bond donors (Lipinski definition) is 2. The molecule has 0 saturated heterocycles. The van der Waals surface area contributed by atoms with Crippen molar-refractivity contribution in [2.45, 2.75) is 12.7 Å². The number of nitrogen functional groups attached to an aromatic ring is 1. The van der Waals surface area contributed by atoms with Gasteiger partial charge < -0.3 is 11.5 Å². The molecule has 0 radical (unpaired) electrons. The molecule has 0 spiro atoms. The predicted octanol–water partition coefficient (Wildman–Crippen LogP) is 1.89. The van der Waals surface area contributed by atoms with E-state index in [0.717, 1.165) is 6.07 Å². The minimum absolute atomic E-state index is 0.118. The number of alkyl halides is 3. The largest absolute Gasteiger partial charge is 0.419 e. The minimum atomic E-state index is -4.75. The van der Waals surface area contributed by atoms with Crippen molar-refractivity contribution < 1.29 is 17.6 Å². The first-order valence-corrected chi connectivity index (χ1v) is 3.71. The van der Waals surface area contributed by atoms with Crippen molar-refractivity contribution in [2.24, 2.45) is 5.73 Å². The van der Waals surface area contributed by atoms with Crippen LogP contribution in [0.1, 0.15) is 11.1 Å². The topological polar surface area (TPSA) is 52.0 Å². The van der Waals surface area contributed by atoms with Gasteiger partial charge in [0.15, 0.2) is 5.82 Å². The molecule has 0 amide bonds. The van der Waals surface area contributed by atoms with E-state index in [1.807, 2.05) is 0 Å². The normalized spacial score (nSPS) is 11.8. The molecule has 0 aliphatic carbocycles. The maximum absolute atomic E-state index is 12.9. The lowest BCUT2D eigenvalue weighted by Crippen LogP contribution is -2.12. The highest BCUT2D eigenvalue weighted by Crippen LogP contribution is 2.34. The zero-order valence-electron chi connectivity index (χ0n) is 7.03. The van der Waals surface area contributed by atoms with Crippen molar-refractivity contribution in [1.82, 2.24) is 0 Å². The molecule has 0 unspecified atom stereocenters. The lowest BCUT2D eigenvalue weighted by Gasteiger charge is -2.11. The number of rotatable bonds is 1. The number of anilines is 1. The number of hydrogen-bond acceptors (Lipinski definition) is 2. The highest BCUT2D eigenvalue weighted by Gasteiger charge is 2.35. The van der Waals surface area contributed by atoms with Crippen molar-refractivity contribution in [3.05, 3.63) is 29.1 Å². The van der Waals surface area contributed by atoms with E-state index in [-0.39, 0.29) is 12.1 Å². The van der Waals surface area contributed by atoms with E-state index in [2.05, 4.69) is 0 Å². The summed E-state index contributed by atoms with van der Waals surface area (Å²) < 4.78 is 49.6. The molecule has 1 aromatic rings. The number of benzene rings is 1. The molecule has 0 aliphatic heterocycles. The lowest BCUT2D eigenvalue weighted by molar-refractivity contribution is -0.139. The van der Waals surface area contributed by atoms with Crippen molar-refractivity contribution >= 4 is 5.69 Å². The summed E-state index contributed by atoms with van der Waals surface area (Å²) >= 11 is 0. The smallest absolute Gasteiger partial charge is 0.396 e. The quantitative estimate of drug-likeness (QED) is 0.547. The van der Waals surface area contributed by atoms with Gasteiger partial charge in [-0.25, -0.2) is 4.39 Å². The van der Waals surface area contributed by atoms with Gasteiger partial charge in [0.1, 0.15) is 0 Å². The number of halogens is 4. The van der Waals surface area contributed by atoms with E-state index in [1.54, 1.807) is 0 Å². The molecule has 2 nitrogen and oxygen atoms in total. The van der Waals surface area contributed by atoms with Crippen LogP contribution in [0.3, 0.4) is 0 Å². The van der Waals surface area contributed by atoms with Gasteiger partial charge in [0.25, 0.3) is 0 Å². The van der Waals surface area contributed by atoms with Crippen molar-refractivity contribution in [1.29, 1.82) is 0 Å². The van der Waals surface area contributed by atoms with Crippen LogP contribution in [0.2, 0.25) is 0 Å². The summed E-state index contributed by atoms with van der Waals surface area (Å²) in [5.41, 5.74) is 8.43. The molecule has 78 valence electrons. The second-order valence-electron chi connectivity index (χ2n) is 2.75. The highest BCUT2D eigenvalue weighted by molar-refractivity contribution is 5.47. The Bertz CT molecular complexity index is 346. The summed E-state index contributed by atoms with van der Waals surface area (Å²) in [7, 11) is 0. The van der Waals surface area contributed by atoms with E-state index in [9.17, 15) is 17.6 Å². The van der Waals surface area contributed by atoms with Gasteiger partial charge in [-0.2, -0.15) is 13.2 Å². The Labute approximate surface area is 77.5 Å². The van der Waals surface area contributed by atoms with Crippen LogP contribution in [0.25, 0.3) is 0 Å². The van der Waals surface area contributed by atoms with Crippen molar-refractivity contribution in [3.8, 4) is 0 Å². The fraction of sp³-hybridized carbons (Fsp3) is 0.250. The minimum Gasteiger partial charge on any atom is -0.396 e. The zero-order valence-corrected chi connectivity index (χ0v) is 7.03. The molecule has 0 bridgehead atoms. The standard InChI is InChI=1S/C8H8F4N2/c9-7-5(8(10,11)12)1-4(3-13)2-6(7)14/h1-2H,3,13-14H2. The van der Waals surface area contributed by atoms with Crippen LogP contribution in [0, 0.1) is 5.82 Å². The Morgan fingerprint density at radius 3 is 2.21 bits per heavy atom. The Kier molecular flexibility index (Phi) is 2.66. The third-order valence-electron chi connectivity index (χ3n) is 1.70. The fourth-order valence-electron chi connectivity index (χ4n) is 1.03. The van der Waals surface area contributed by atoms with Crippen LogP contribution < -0.4 is 11.5 Å².